The fraction of sp³-hybridized carbons (Fsp3) is 0.167. The lowest BCUT2D eigenvalue weighted by Crippen LogP contribution is -2.04. The molecule has 0 atom stereocenters. The predicted octanol–water partition coefficient (Wildman–Crippen LogP) is 1.17. The predicted molar refractivity (Wildman–Crippen MR) is 68.1 cm³/mol. The van der Waals surface area contributed by atoms with Gasteiger partial charge in [-0.1, -0.05) is 0 Å². The van der Waals surface area contributed by atoms with Crippen LogP contribution in [0.2, 0.25) is 0 Å². The van der Waals surface area contributed by atoms with Crippen LogP contribution in [-0.2, 0) is 14.6 Å². The highest BCUT2D eigenvalue weighted by Crippen LogP contribution is 2.24. The normalized spacial score (nSPS) is 11.5. The monoisotopic (exact) mass is 281 g/mol. The molecule has 2 aromatic rings. The second-order valence-electron chi connectivity index (χ2n) is 4.00. The summed E-state index contributed by atoms with van der Waals surface area (Å²) in [5, 5.41) is 0.373. The molecule has 0 fully saturated rings. The van der Waals surface area contributed by atoms with Crippen LogP contribution in [0.5, 0.6) is 0 Å². The third kappa shape index (κ3) is 2.24. The molecule has 7 heteroatoms. The smallest absolute Gasteiger partial charge is 0.355 e. The summed E-state index contributed by atoms with van der Waals surface area (Å²) in [4.78, 5) is 25.4. The van der Waals surface area contributed by atoms with Gasteiger partial charge >= 0.3 is 5.97 Å². The molecule has 0 saturated heterocycles. The SMILES string of the molecule is COC(=O)c1[nH]c2ccc(S(C)(=O)=O)cc2c1C=O. The highest BCUT2D eigenvalue weighted by molar-refractivity contribution is 7.90. The molecule has 1 aromatic heterocycles. The van der Waals surface area contributed by atoms with E-state index in [9.17, 15) is 18.0 Å². The van der Waals surface area contributed by atoms with Gasteiger partial charge in [0.1, 0.15) is 5.69 Å². The molecule has 0 radical (unpaired) electrons. The van der Waals surface area contributed by atoms with E-state index in [2.05, 4.69) is 9.72 Å². The number of fused-ring (bicyclic) bond motifs is 1. The first-order chi connectivity index (χ1) is 8.88. The van der Waals surface area contributed by atoms with Crippen molar-refractivity contribution < 1.29 is 22.7 Å². The van der Waals surface area contributed by atoms with Crippen LogP contribution in [0.25, 0.3) is 10.9 Å². The van der Waals surface area contributed by atoms with Crippen LogP contribution in [0.3, 0.4) is 0 Å². The Balaban J connectivity index is 2.79. The summed E-state index contributed by atoms with van der Waals surface area (Å²) in [6, 6.07) is 4.27. The Morgan fingerprint density at radius 2 is 2.05 bits per heavy atom. The molecule has 0 saturated carbocycles. The largest absolute Gasteiger partial charge is 0.464 e. The summed E-state index contributed by atoms with van der Waals surface area (Å²) in [6.45, 7) is 0. The van der Waals surface area contributed by atoms with E-state index < -0.39 is 15.8 Å². The molecule has 0 aliphatic carbocycles. The highest BCUT2D eigenvalue weighted by Gasteiger charge is 2.19. The summed E-state index contributed by atoms with van der Waals surface area (Å²) in [5.41, 5.74) is 0.598. The van der Waals surface area contributed by atoms with Gasteiger partial charge in [-0.3, -0.25) is 4.79 Å². The van der Waals surface area contributed by atoms with Gasteiger partial charge in [0, 0.05) is 17.2 Å². The molecule has 19 heavy (non-hydrogen) atoms. The molecule has 0 aliphatic heterocycles. The number of aromatic nitrogens is 1. The van der Waals surface area contributed by atoms with Crippen molar-refractivity contribution in [1.29, 1.82) is 0 Å². The van der Waals surface area contributed by atoms with Gasteiger partial charge in [-0.05, 0) is 18.2 Å². The Morgan fingerprint density at radius 1 is 1.37 bits per heavy atom. The summed E-state index contributed by atoms with van der Waals surface area (Å²) in [7, 11) is -2.18. The topological polar surface area (TPSA) is 93.3 Å². The number of H-pyrrole nitrogens is 1. The lowest BCUT2D eigenvalue weighted by atomic mass is 10.1. The quantitative estimate of drug-likeness (QED) is 0.673. The number of ether oxygens (including phenoxy) is 1. The number of nitrogens with one attached hydrogen (secondary N) is 1. The number of rotatable bonds is 3. The van der Waals surface area contributed by atoms with Crippen LogP contribution in [-0.4, -0.2) is 39.0 Å². The molecule has 2 rings (SSSR count). The first-order valence-corrected chi connectivity index (χ1v) is 7.17. The molecule has 1 aromatic carbocycles. The summed E-state index contributed by atoms with van der Waals surface area (Å²) in [5.74, 6) is -0.681. The van der Waals surface area contributed by atoms with Crippen LogP contribution >= 0.6 is 0 Å². The van der Waals surface area contributed by atoms with Crippen molar-refractivity contribution in [2.75, 3.05) is 13.4 Å². The minimum Gasteiger partial charge on any atom is -0.464 e. The van der Waals surface area contributed by atoms with E-state index >= 15 is 0 Å². The average molecular weight is 281 g/mol. The van der Waals surface area contributed by atoms with Gasteiger partial charge < -0.3 is 9.72 Å². The van der Waals surface area contributed by atoms with Gasteiger partial charge in [-0.2, -0.15) is 0 Å². The van der Waals surface area contributed by atoms with E-state index in [4.69, 9.17) is 0 Å². The van der Waals surface area contributed by atoms with Crippen molar-refractivity contribution in [3.05, 3.63) is 29.5 Å². The van der Waals surface area contributed by atoms with Crippen molar-refractivity contribution >= 4 is 33.0 Å². The highest BCUT2D eigenvalue weighted by atomic mass is 32.2. The van der Waals surface area contributed by atoms with E-state index in [-0.39, 0.29) is 16.2 Å². The lowest BCUT2D eigenvalue weighted by Gasteiger charge is -1.98. The second-order valence-corrected chi connectivity index (χ2v) is 6.02. The van der Waals surface area contributed by atoms with E-state index in [1.807, 2.05) is 0 Å². The number of esters is 1. The number of sulfone groups is 1. The number of hydrogen-bond acceptors (Lipinski definition) is 5. The minimum atomic E-state index is -3.38. The van der Waals surface area contributed by atoms with Crippen LogP contribution in [0.1, 0.15) is 20.8 Å². The number of hydrogen-bond donors (Lipinski definition) is 1. The van der Waals surface area contributed by atoms with E-state index in [0.29, 0.717) is 17.2 Å². The average Bonchev–Trinajstić information content (AvgIpc) is 2.74. The fourth-order valence-electron chi connectivity index (χ4n) is 1.81. The Labute approximate surface area is 109 Å². The van der Waals surface area contributed by atoms with E-state index in [1.165, 1.54) is 25.3 Å². The first kappa shape index (κ1) is 13.3. The number of carbonyl (C=O) groups excluding carboxylic acids is 2. The lowest BCUT2D eigenvalue weighted by molar-refractivity contribution is 0.0593. The van der Waals surface area contributed by atoms with Gasteiger partial charge in [0.25, 0.3) is 0 Å². The Kier molecular flexibility index (Phi) is 3.15. The maximum absolute atomic E-state index is 11.5. The van der Waals surface area contributed by atoms with Crippen LogP contribution in [0.4, 0.5) is 0 Å². The number of aromatic amines is 1. The molecular weight excluding hydrogens is 270 g/mol. The Morgan fingerprint density at radius 3 is 2.58 bits per heavy atom. The summed E-state index contributed by atoms with van der Waals surface area (Å²) >= 11 is 0. The van der Waals surface area contributed by atoms with E-state index in [1.54, 1.807) is 0 Å². The van der Waals surface area contributed by atoms with Crippen LogP contribution < -0.4 is 0 Å². The third-order valence-electron chi connectivity index (χ3n) is 2.75. The molecule has 0 spiro atoms. The van der Waals surface area contributed by atoms with Gasteiger partial charge in [-0.25, -0.2) is 13.2 Å². The Hall–Kier alpha value is -2.15. The maximum atomic E-state index is 11.5. The molecular formula is C12H11NO5S. The van der Waals surface area contributed by atoms with Gasteiger partial charge in [0.2, 0.25) is 0 Å². The first-order valence-electron chi connectivity index (χ1n) is 5.27. The number of methoxy groups -OCH3 is 1. The molecule has 0 amide bonds. The molecule has 0 aliphatic rings. The summed E-state index contributed by atoms with van der Waals surface area (Å²) in [6.07, 6.45) is 1.57. The van der Waals surface area contributed by atoms with Crippen LogP contribution in [0, 0.1) is 0 Å². The molecule has 0 unspecified atom stereocenters. The van der Waals surface area contributed by atoms with Gasteiger partial charge in [0.15, 0.2) is 16.1 Å². The molecule has 100 valence electrons. The van der Waals surface area contributed by atoms with Crippen molar-refractivity contribution in [3.63, 3.8) is 0 Å². The van der Waals surface area contributed by atoms with Crippen molar-refractivity contribution in [2.45, 2.75) is 4.90 Å². The summed E-state index contributed by atoms with van der Waals surface area (Å²) < 4.78 is 27.5. The zero-order chi connectivity index (χ0) is 14.2. The minimum absolute atomic E-state index is 0.0122. The molecule has 0 bridgehead atoms. The zero-order valence-electron chi connectivity index (χ0n) is 10.3. The number of aldehydes is 1. The van der Waals surface area contributed by atoms with E-state index in [0.717, 1.165) is 6.26 Å². The Bertz CT molecular complexity index is 773. The standard InChI is InChI=1S/C12H11NO5S/c1-18-12(15)11-9(6-14)8-5-7(19(2,16)17)3-4-10(8)13-11/h3-6,13H,1-2H3. The number of benzene rings is 1. The van der Waals surface area contributed by atoms with Crippen molar-refractivity contribution in [1.82, 2.24) is 4.98 Å². The van der Waals surface area contributed by atoms with Crippen molar-refractivity contribution in [2.24, 2.45) is 0 Å². The van der Waals surface area contributed by atoms with Crippen LogP contribution in [0.15, 0.2) is 23.1 Å². The maximum Gasteiger partial charge on any atom is 0.355 e. The molecule has 1 N–H and O–H groups in total. The second kappa shape index (κ2) is 4.51. The fourth-order valence-corrected chi connectivity index (χ4v) is 2.46. The third-order valence-corrected chi connectivity index (χ3v) is 3.86. The van der Waals surface area contributed by atoms with Crippen molar-refractivity contribution in [3.8, 4) is 0 Å². The molecule has 6 nitrogen and oxygen atoms in total. The number of carbonyl (C=O) groups is 2. The molecule has 1 heterocycles. The van der Waals surface area contributed by atoms with Gasteiger partial charge in [-0.15, -0.1) is 0 Å². The van der Waals surface area contributed by atoms with Gasteiger partial charge in [0.05, 0.1) is 17.6 Å². The zero-order valence-corrected chi connectivity index (χ0v) is 11.1.